The standard InChI is InChI=1S/C46H54N2O15S4/c1-45(2)37-29-35(66(57,58)59)20-22-39(37)47(26-7-5-6-13-43(49)50)41(45)24-14-31-11-10-12-32(44(31)63-33-16-18-34(19-17-33)65(54,55)56)15-25-42-46(3,4)38-30-36(67(60,61)62)21-23-40(38)48(42)27-8-9-28-64(51,52)53/h14-25,29-30H,5-13,26-28H2,1-4H3,(H4-,49,50,51,52,53,54,55,56,57,58,59,60,61,62)/p-1. The van der Waals surface area contributed by atoms with Gasteiger partial charge in [-0.2, -0.15) is 21.4 Å². The minimum absolute atomic E-state index is 0.0116. The van der Waals surface area contributed by atoms with Gasteiger partial charge in [0.05, 0.1) is 30.2 Å². The molecule has 0 saturated carbocycles. The third-order valence-corrected chi connectivity index (χ3v) is 15.7. The van der Waals surface area contributed by atoms with E-state index in [1.807, 2.05) is 61.5 Å². The Hall–Kier alpha value is -5.00. The lowest BCUT2D eigenvalue weighted by Gasteiger charge is -2.27. The molecule has 21 heteroatoms. The highest BCUT2D eigenvalue weighted by molar-refractivity contribution is 7.86. The van der Waals surface area contributed by atoms with Crippen molar-refractivity contribution >= 4 is 63.5 Å². The Labute approximate surface area is 391 Å². The van der Waals surface area contributed by atoms with Crippen LogP contribution in [0, 0.1) is 0 Å². The van der Waals surface area contributed by atoms with Crippen LogP contribution in [0.5, 0.6) is 5.75 Å². The minimum Gasteiger partial charge on any atom is -0.748 e. The highest BCUT2D eigenvalue weighted by Crippen LogP contribution is 2.49. The van der Waals surface area contributed by atoms with Gasteiger partial charge in [0.25, 0.3) is 20.2 Å². The average Bonchev–Trinajstić information content (AvgIpc) is 3.57. The fourth-order valence-electron chi connectivity index (χ4n) is 8.89. The van der Waals surface area contributed by atoms with E-state index in [0.29, 0.717) is 91.0 Å². The molecule has 67 heavy (non-hydrogen) atoms. The molecular formula is C46H53N2O15S4-. The van der Waals surface area contributed by atoms with Gasteiger partial charge in [-0.1, -0.05) is 19.9 Å². The van der Waals surface area contributed by atoms with E-state index in [0.717, 1.165) is 11.3 Å². The van der Waals surface area contributed by atoms with Crippen LogP contribution >= 0.6 is 0 Å². The molecule has 3 N–H and O–H groups in total. The van der Waals surface area contributed by atoms with Crippen LogP contribution in [-0.2, 0) is 56.1 Å². The molecule has 0 fully saturated rings. The summed E-state index contributed by atoms with van der Waals surface area (Å²) in [5.74, 6) is -0.805. The number of allylic oxidation sites excluding steroid dienone is 7. The molecule has 2 aliphatic heterocycles. The normalized spacial score (nSPS) is 18.6. The number of hydrogen-bond donors (Lipinski definition) is 3. The average molecular weight is 1000 g/mol. The number of hydrogen-bond acceptors (Lipinski definition) is 13. The number of fused-ring (bicyclic) bond motifs is 2. The Bertz CT molecular complexity index is 3070. The third-order valence-electron chi connectivity index (χ3n) is 12.3. The first-order valence-electron chi connectivity index (χ1n) is 21.5. The predicted molar refractivity (Wildman–Crippen MR) is 247 cm³/mol. The molecular weight excluding hydrogens is 949 g/mol. The van der Waals surface area contributed by atoms with Gasteiger partial charge < -0.3 is 23.8 Å². The lowest BCUT2D eigenvalue weighted by atomic mass is 9.81. The number of nitrogens with zero attached hydrogens (tertiary/aromatic N) is 2. The Morgan fingerprint density at radius 3 is 2.01 bits per heavy atom. The SMILES string of the molecule is CC1(C)C(/C=C/C2=C(Oc3ccc(S(=O)(=O)O)cc3)C(=C/C=C3/N(CCCCS(=O)(=O)[O-])c4ccc(S(=O)(=O)O)cc4C3(C)C)/CCC2)=[N+](CCCCCC(=O)O)c2ccc(S(=O)(=O)[O-])cc21. The highest BCUT2D eigenvalue weighted by atomic mass is 32.2. The van der Waals surface area contributed by atoms with Crippen LogP contribution in [0.4, 0.5) is 11.4 Å². The molecule has 0 saturated heterocycles. The summed E-state index contributed by atoms with van der Waals surface area (Å²) in [6, 6.07) is 13.7. The molecule has 0 aromatic heterocycles. The number of unbranched alkanes of at least 4 members (excludes halogenated alkanes) is 3. The molecule has 362 valence electrons. The van der Waals surface area contributed by atoms with Crippen molar-refractivity contribution in [2.75, 3.05) is 23.7 Å². The van der Waals surface area contributed by atoms with E-state index in [4.69, 9.17) is 4.74 Å². The van der Waals surface area contributed by atoms with Crippen molar-refractivity contribution in [3.63, 3.8) is 0 Å². The summed E-state index contributed by atoms with van der Waals surface area (Å²) in [7, 11) is -18.4. The monoisotopic (exact) mass is 1000 g/mol. The zero-order valence-electron chi connectivity index (χ0n) is 37.3. The fraction of sp³-hybridized carbons (Fsp3) is 0.391. The summed E-state index contributed by atoms with van der Waals surface area (Å²) in [4.78, 5) is 12.1. The lowest BCUT2D eigenvalue weighted by molar-refractivity contribution is -0.438. The summed E-state index contributed by atoms with van der Waals surface area (Å²) in [5, 5.41) is 9.18. The van der Waals surface area contributed by atoms with Crippen LogP contribution in [0.1, 0.15) is 96.6 Å². The Morgan fingerprint density at radius 1 is 0.746 bits per heavy atom. The van der Waals surface area contributed by atoms with E-state index in [1.165, 1.54) is 48.5 Å². The van der Waals surface area contributed by atoms with E-state index in [2.05, 4.69) is 0 Å². The minimum atomic E-state index is -4.79. The van der Waals surface area contributed by atoms with E-state index in [-0.39, 0.29) is 39.8 Å². The molecule has 2 heterocycles. The number of benzene rings is 3. The maximum atomic E-state index is 12.2. The molecule has 3 aromatic carbocycles. The van der Waals surface area contributed by atoms with Gasteiger partial charge in [-0.3, -0.25) is 13.9 Å². The molecule has 3 aliphatic rings. The Kier molecular flexibility index (Phi) is 15.0. The maximum absolute atomic E-state index is 12.2. The number of aliphatic carboxylic acids is 1. The Morgan fingerprint density at radius 2 is 1.39 bits per heavy atom. The molecule has 0 spiro atoms. The van der Waals surface area contributed by atoms with Crippen molar-refractivity contribution in [3.8, 4) is 5.75 Å². The van der Waals surface area contributed by atoms with Gasteiger partial charge in [0.2, 0.25) is 5.69 Å². The first kappa shape index (κ1) is 51.4. The van der Waals surface area contributed by atoms with Crippen molar-refractivity contribution in [1.29, 1.82) is 0 Å². The number of anilines is 1. The van der Waals surface area contributed by atoms with Crippen LogP contribution in [0.2, 0.25) is 0 Å². The van der Waals surface area contributed by atoms with Crippen molar-refractivity contribution in [1.82, 2.24) is 0 Å². The summed E-state index contributed by atoms with van der Waals surface area (Å²) in [6.07, 6.45) is 11.2. The van der Waals surface area contributed by atoms with Crippen LogP contribution in [0.15, 0.2) is 122 Å². The zero-order chi connectivity index (χ0) is 49.3. The molecule has 17 nitrogen and oxygen atoms in total. The quantitative estimate of drug-likeness (QED) is 0.0613. The van der Waals surface area contributed by atoms with Crippen LogP contribution in [0.3, 0.4) is 0 Å². The predicted octanol–water partition coefficient (Wildman–Crippen LogP) is 7.11. The Balaban J connectivity index is 1.48. The van der Waals surface area contributed by atoms with Crippen molar-refractivity contribution in [2.24, 2.45) is 0 Å². The van der Waals surface area contributed by atoms with Crippen LogP contribution < -0.4 is 9.64 Å². The number of carboxylic acid groups (broad SMARTS) is 1. The third kappa shape index (κ3) is 12.0. The van der Waals surface area contributed by atoms with Crippen molar-refractivity contribution in [2.45, 2.75) is 111 Å². The number of carboxylic acids is 1. The topological polar surface area (TPSA) is 276 Å². The number of rotatable bonds is 19. The maximum Gasteiger partial charge on any atom is 0.303 e. The molecule has 1 aliphatic carbocycles. The molecule has 0 unspecified atom stereocenters. The summed E-state index contributed by atoms with van der Waals surface area (Å²) in [6.45, 7) is 8.27. The number of ether oxygens (including phenoxy) is 1. The highest BCUT2D eigenvalue weighted by Gasteiger charge is 2.45. The van der Waals surface area contributed by atoms with E-state index >= 15 is 0 Å². The molecule has 6 rings (SSSR count). The second kappa shape index (κ2) is 19.5. The first-order chi connectivity index (χ1) is 31.1. The van der Waals surface area contributed by atoms with Crippen molar-refractivity contribution in [3.05, 3.63) is 119 Å². The van der Waals surface area contributed by atoms with Gasteiger partial charge in [0.1, 0.15) is 28.2 Å². The van der Waals surface area contributed by atoms with Gasteiger partial charge >= 0.3 is 5.97 Å². The van der Waals surface area contributed by atoms with Crippen LogP contribution in [0.25, 0.3) is 0 Å². The van der Waals surface area contributed by atoms with Gasteiger partial charge in [-0.15, -0.1) is 0 Å². The van der Waals surface area contributed by atoms with Crippen molar-refractivity contribution < 1.29 is 71.1 Å². The molecule has 0 atom stereocenters. The summed E-state index contributed by atoms with van der Waals surface area (Å²) < 4.78 is 147. The first-order valence-corrected chi connectivity index (χ1v) is 27.3. The smallest absolute Gasteiger partial charge is 0.303 e. The lowest BCUT2D eigenvalue weighted by Crippen LogP contribution is -2.28. The van der Waals surface area contributed by atoms with Gasteiger partial charge in [0.15, 0.2) is 5.71 Å². The summed E-state index contributed by atoms with van der Waals surface area (Å²) >= 11 is 0. The second-order valence-electron chi connectivity index (χ2n) is 17.7. The van der Waals surface area contributed by atoms with Gasteiger partial charge in [-0.05, 0) is 142 Å². The number of carbonyl (C=O) groups is 1. The largest absolute Gasteiger partial charge is 0.748 e. The molecule has 3 aromatic rings. The summed E-state index contributed by atoms with van der Waals surface area (Å²) in [5.41, 5.74) is 3.69. The van der Waals surface area contributed by atoms with Crippen LogP contribution in [-0.4, -0.2) is 92.1 Å². The van der Waals surface area contributed by atoms with E-state index in [9.17, 15) is 61.8 Å². The fourth-order valence-corrected chi connectivity index (χ4v) is 10.9. The molecule has 0 amide bonds. The zero-order valence-corrected chi connectivity index (χ0v) is 40.6. The molecule has 0 bridgehead atoms. The molecule has 0 radical (unpaired) electrons. The van der Waals surface area contributed by atoms with Gasteiger partial charge in [-0.25, -0.2) is 16.8 Å². The van der Waals surface area contributed by atoms with Gasteiger partial charge in [0, 0.05) is 59.6 Å². The second-order valence-corrected chi connectivity index (χ2v) is 23.5. The van der Waals surface area contributed by atoms with E-state index < -0.39 is 63.0 Å². The van der Waals surface area contributed by atoms with E-state index in [1.54, 1.807) is 12.1 Å².